The molecule has 1 atom stereocenters. The molecule has 1 amide bonds. The number of carbonyl (C=O) groups excluding carboxylic acids is 2. The predicted molar refractivity (Wildman–Crippen MR) is 80.0 cm³/mol. The Morgan fingerprint density at radius 1 is 1.32 bits per heavy atom. The summed E-state index contributed by atoms with van der Waals surface area (Å²) in [6.45, 7) is 1.61. The van der Waals surface area contributed by atoms with E-state index in [1.54, 1.807) is 31.4 Å². The zero-order valence-corrected chi connectivity index (χ0v) is 12.8. The fraction of sp³-hybridized carbons (Fsp3) is 0.438. The molecule has 1 aromatic rings. The lowest BCUT2D eigenvalue weighted by Gasteiger charge is -2.18. The standard InChI is InChI=1S/C16H20N2O4/c1-12(19)18-15(11-16(20)22-10-4-3-9-17)13-5-7-14(21-2)8-6-13/h5-8,15H,3-4,10-11H2,1-2H3,(H,18,19). The van der Waals surface area contributed by atoms with Gasteiger partial charge in [0.15, 0.2) is 0 Å². The number of amides is 1. The van der Waals surface area contributed by atoms with Gasteiger partial charge in [0.1, 0.15) is 5.75 Å². The fourth-order valence-electron chi connectivity index (χ4n) is 1.90. The number of benzene rings is 1. The molecule has 0 radical (unpaired) electrons. The van der Waals surface area contributed by atoms with Gasteiger partial charge in [-0.2, -0.15) is 5.26 Å². The summed E-state index contributed by atoms with van der Waals surface area (Å²) < 4.78 is 10.1. The highest BCUT2D eigenvalue weighted by atomic mass is 16.5. The van der Waals surface area contributed by atoms with E-state index in [-0.39, 0.29) is 18.9 Å². The zero-order valence-electron chi connectivity index (χ0n) is 12.8. The number of nitrogens with one attached hydrogen (secondary N) is 1. The van der Waals surface area contributed by atoms with Crippen molar-refractivity contribution in [3.05, 3.63) is 29.8 Å². The summed E-state index contributed by atoms with van der Waals surface area (Å²) in [5.74, 6) is 0.0648. The maximum absolute atomic E-state index is 11.8. The Bertz CT molecular complexity index is 534. The van der Waals surface area contributed by atoms with Gasteiger partial charge in [-0.25, -0.2) is 0 Å². The average molecular weight is 304 g/mol. The first kappa shape index (κ1) is 17.5. The van der Waals surface area contributed by atoms with E-state index in [0.29, 0.717) is 18.6 Å². The third-order valence-corrected chi connectivity index (χ3v) is 2.96. The maximum Gasteiger partial charge on any atom is 0.308 e. The predicted octanol–water partition coefficient (Wildman–Crippen LogP) is 2.11. The number of hydrogen-bond donors (Lipinski definition) is 1. The number of ether oxygens (including phenoxy) is 2. The monoisotopic (exact) mass is 304 g/mol. The van der Waals surface area contributed by atoms with Crippen molar-refractivity contribution in [3.63, 3.8) is 0 Å². The summed E-state index contributed by atoms with van der Waals surface area (Å²) in [4.78, 5) is 23.1. The van der Waals surface area contributed by atoms with Crippen molar-refractivity contribution in [1.29, 1.82) is 5.26 Å². The lowest BCUT2D eigenvalue weighted by atomic mass is 10.0. The van der Waals surface area contributed by atoms with Crippen LogP contribution in [0.15, 0.2) is 24.3 Å². The van der Waals surface area contributed by atoms with Crippen molar-refractivity contribution in [3.8, 4) is 11.8 Å². The average Bonchev–Trinajstić information content (AvgIpc) is 2.50. The normalized spacial score (nSPS) is 11.1. The lowest BCUT2D eigenvalue weighted by Crippen LogP contribution is -2.28. The van der Waals surface area contributed by atoms with Gasteiger partial charge in [-0.3, -0.25) is 9.59 Å². The number of hydrogen-bond acceptors (Lipinski definition) is 5. The quantitative estimate of drug-likeness (QED) is 0.587. The van der Waals surface area contributed by atoms with Gasteiger partial charge in [-0.05, 0) is 24.1 Å². The molecule has 1 rings (SSSR count). The van der Waals surface area contributed by atoms with E-state index in [1.165, 1.54) is 6.92 Å². The molecule has 0 spiro atoms. The van der Waals surface area contributed by atoms with Crippen LogP contribution in [0.2, 0.25) is 0 Å². The number of nitrogens with zero attached hydrogens (tertiary/aromatic N) is 1. The molecule has 118 valence electrons. The molecule has 0 aliphatic heterocycles. The van der Waals surface area contributed by atoms with Crippen LogP contribution in [0, 0.1) is 11.3 Å². The van der Waals surface area contributed by atoms with Gasteiger partial charge in [-0.1, -0.05) is 12.1 Å². The van der Waals surface area contributed by atoms with Crippen LogP contribution in [-0.2, 0) is 14.3 Å². The van der Waals surface area contributed by atoms with Crippen LogP contribution in [0.3, 0.4) is 0 Å². The Morgan fingerprint density at radius 2 is 2.00 bits per heavy atom. The van der Waals surface area contributed by atoms with Gasteiger partial charge in [0.05, 0.1) is 32.2 Å². The minimum atomic E-state index is -0.452. The van der Waals surface area contributed by atoms with E-state index in [9.17, 15) is 9.59 Å². The molecule has 22 heavy (non-hydrogen) atoms. The van der Waals surface area contributed by atoms with Gasteiger partial charge in [0.25, 0.3) is 0 Å². The van der Waals surface area contributed by atoms with Crippen molar-refractivity contribution in [1.82, 2.24) is 5.32 Å². The Labute approximate surface area is 130 Å². The molecular formula is C16H20N2O4. The Kier molecular flexibility index (Phi) is 7.48. The molecule has 0 saturated carbocycles. The van der Waals surface area contributed by atoms with E-state index >= 15 is 0 Å². The highest BCUT2D eigenvalue weighted by molar-refractivity contribution is 5.76. The highest BCUT2D eigenvalue weighted by Crippen LogP contribution is 2.21. The van der Waals surface area contributed by atoms with Gasteiger partial charge in [0, 0.05) is 13.3 Å². The third-order valence-electron chi connectivity index (χ3n) is 2.96. The van der Waals surface area contributed by atoms with Crippen LogP contribution in [0.5, 0.6) is 5.75 Å². The van der Waals surface area contributed by atoms with Crippen LogP contribution < -0.4 is 10.1 Å². The minimum absolute atomic E-state index is 0.0401. The fourth-order valence-corrected chi connectivity index (χ4v) is 1.90. The molecule has 0 fully saturated rings. The molecule has 0 aromatic heterocycles. The van der Waals surface area contributed by atoms with E-state index < -0.39 is 12.0 Å². The molecule has 0 bridgehead atoms. The Balaban J connectivity index is 2.65. The molecule has 6 heteroatoms. The molecule has 1 N–H and O–H groups in total. The minimum Gasteiger partial charge on any atom is -0.497 e. The van der Waals surface area contributed by atoms with Gasteiger partial charge >= 0.3 is 5.97 Å². The van der Waals surface area contributed by atoms with Crippen LogP contribution in [-0.4, -0.2) is 25.6 Å². The van der Waals surface area contributed by atoms with Crippen molar-refractivity contribution in [2.45, 2.75) is 32.2 Å². The van der Waals surface area contributed by atoms with Crippen LogP contribution >= 0.6 is 0 Å². The van der Waals surface area contributed by atoms with E-state index in [2.05, 4.69) is 5.32 Å². The first-order valence-electron chi connectivity index (χ1n) is 7.00. The first-order valence-corrected chi connectivity index (χ1v) is 7.00. The van der Waals surface area contributed by atoms with E-state index in [1.807, 2.05) is 6.07 Å². The number of esters is 1. The number of methoxy groups -OCH3 is 1. The molecule has 6 nitrogen and oxygen atoms in total. The smallest absolute Gasteiger partial charge is 0.308 e. The Hall–Kier alpha value is -2.55. The van der Waals surface area contributed by atoms with Gasteiger partial charge in [0.2, 0.25) is 5.91 Å². The number of carbonyl (C=O) groups is 2. The molecule has 0 heterocycles. The number of nitriles is 1. The van der Waals surface area contributed by atoms with Crippen molar-refractivity contribution in [2.24, 2.45) is 0 Å². The van der Waals surface area contributed by atoms with Crippen molar-refractivity contribution < 1.29 is 19.1 Å². The van der Waals surface area contributed by atoms with Crippen molar-refractivity contribution >= 4 is 11.9 Å². The first-order chi connectivity index (χ1) is 10.6. The van der Waals surface area contributed by atoms with Crippen LogP contribution in [0.4, 0.5) is 0 Å². The lowest BCUT2D eigenvalue weighted by molar-refractivity contribution is -0.144. The second kappa shape index (κ2) is 9.40. The largest absolute Gasteiger partial charge is 0.497 e. The van der Waals surface area contributed by atoms with Gasteiger partial charge < -0.3 is 14.8 Å². The van der Waals surface area contributed by atoms with E-state index in [4.69, 9.17) is 14.7 Å². The molecule has 0 aliphatic carbocycles. The summed E-state index contributed by atoms with van der Waals surface area (Å²) in [5, 5.41) is 11.2. The Morgan fingerprint density at radius 3 is 2.55 bits per heavy atom. The second-order valence-electron chi connectivity index (χ2n) is 4.71. The number of unbranched alkanes of at least 4 members (excludes halogenated alkanes) is 1. The summed E-state index contributed by atoms with van der Waals surface area (Å²) >= 11 is 0. The van der Waals surface area contributed by atoms with Gasteiger partial charge in [-0.15, -0.1) is 0 Å². The third kappa shape index (κ3) is 6.27. The molecule has 0 saturated heterocycles. The summed E-state index contributed by atoms with van der Waals surface area (Å²) in [6, 6.07) is 8.65. The molecule has 1 unspecified atom stereocenters. The second-order valence-corrected chi connectivity index (χ2v) is 4.71. The topological polar surface area (TPSA) is 88.4 Å². The SMILES string of the molecule is COc1ccc(C(CC(=O)OCCCC#N)NC(C)=O)cc1. The van der Waals surface area contributed by atoms with Crippen molar-refractivity contribution in [2.75, 3.05) is 13.7 Å². The summed E-state index contributed by atoms with van der Waals surface area (Å²) in [7, 11) is 1.57. The number of rotatable bonds is 8. The highest BCUT2D eigenvalue weighted by Gasteiger charge is 2.18. The molecule has 0 aliphatic rings. The van der Waals surface area contributed by atoms with Crippen LogP contribution in [0.25, 0.3) is 0 Å². The maximum atomic E-state index is 11.8. The van der Waals surface area contributed by atoms with Crippen LogP contribution in [0.1, 0.15) is 37.8 Å². The molecular weight excluding hydrogens is 284 g/mol. The summed E-state index contributed by atoms with van der Waals surface area (Å²) in [5.41, 5.74) is 0.796. The summed E-state index contributed by atoms with van der Waals surface area (Å²) in [6.07, 6.45) is 0.898. The molecule has 1 aromatic carbocycles. The zero-order chi connectivity index (χ0) is 16.4. The van der Waals surface area contributed by atoms with E-state index in [0.717, 1.165) is 5.56 Å².